The molecular formula is C15H17NO3. The minimum absolute atomic E-state index is 0.0774. The van der Waals surface area contributed by atoms with Crippen LogP contribution in [0.25, 0.3) is 0 Å². The first kappa shape index (κ1) is 12.2. The minimum Gasteiger partial charge on any atom is -0.481 e. The number of nitrogens with zero attached hydrogens (tertiary/aromatic N) is 1. The molecule has 0 bridgehead atoms. The Hall–Kier alpha value is -1.84. The molecular weight excluding hydrogens is 242 g/mol. The van der Waals surface area contributed by atoms with Crippen LogP contribution in [-0.2, 0) is 22.6 Å². The summed E-state index contributed by atoms with van der Waals surface area (Å²) in [6, 6.07) is 8.20. The number of hydrogen-bond donors (Lipinski definition) is 1. The highest BCUT2D eigenvalue weighted by atomic mass is 16.4. The molecule has 1 aliphatic carbocycles. The third-order valence-electron chi connectivity index (χ3n) is 4.28. The van der Waals surface area contributed by atoms with Crippen LogP contribution in [-0.4, -0.2) is 28.4 Å². The van der Waals surface area contributed by atoms with E-state index in [1.54, 1.807) is 0 Å². The standard InChI is InChI=1S/C15H17NO3/c17-14(12-7-13(8-12)15(18)19)16-6-5-10-3-1-2-4-11(10)9-16/h1-4,12-13H,5-9H2,(H,18,19). The second-order valence-corrected chi connectivity index (χ2v) is 5.48. The molecule has 0 saturated heterocycles. The summed E-state index contributed by atoms with van der Waals surface area (Å²) in [5.41, 5.74) is 2.54. The lowest BCUT2D eigenvalue weighted by Crippen LogP contribution is -2.45. The summed E-state index contributed by atoms with van der Waals surface area (Å²) in [4.78, 5) is 24.9. The second-order valence-electron chi connectivity index (χ2n) is 5.48. The molecule has 1 aromatic carbocycles. The van der Waals surface area contributed by atoms with Gasteiger partial charge in [0.25, 0.3) is 0 Å². The third-order valence-corrected chi connectivity index (χ3v) is 4.28. The van der Waals surface area contributed by atoms with Crippen molar-refractivity contribution < 1.29 is 14.7 Å². The van der Waals surface area contributed by atoms with Crippen molar-refractivity contribution in [3.8, 4) is 0 Å². The van der Waals surface area contributed by atoms with Crippen LogP contribution in [0.2, 0.25) is 0 Å². The molecule has 4 nitrogen and oxygen atoms in total. The molecule has 2 aliphatic rings. The molecule has 4 heteroatoms. The molecule has 1 amide bonds. The van der Waals surface area contributed by atoms with Gasteiger partial charge < -0.3 is 10.0 Å². The first-order valence-corrected chi connectivity index (χ1v) is 6.73. The van der Waals surface area contributed by atoms with Gasteiger partial charge in [-0.3, -0.25) is 9.59 Å². The van der Waals surface area contributed by atoms with Crippen LogP contribution in [0.1, 0.15) is 24.0 Å². The summed E-state index contributed by atoms with van der Waals surface area (Å²) in [7, 11) is 0. The fourth-order valence-corrected chi connectivity index (χ4v) is 2.96. The summed E-state index contributed by atoms with van der Waals surface area (Å²) < 4.78 is 0. The van der Waals surface area contributed by atoms with Gasteiger partial charge in [0, 0.05) is 19.0 Å². The predicted molar refractivity (Wildman–Crippen MR) is 69.4 cm³/mol. The second kappa shape index (κ2) is 4.68. The normalized spacial score (nSPS) is 25.4. The van der Waals surface area contributed by atoms with Crippen molar-refractivity contribution in [2.45, 2.75) is 25.8 Å². The van der Waals surface area contributed by atoms with Crippen molar-refractivity contribution in [3.63, 3.8) is 0 Å². The number of carboxylic acid groups (broad SMARTS) is 1. The maximum Gasteiger partial charge on any atom is 0.306 e. The highest BCUT2D eigenvalue weighted by Crippen LogP contribution is 2.36. The van der Waals surface area contributed by atoms with E-state index < -0.39 is 5.97 Å². The lowest BCUT2D eigenvalue weighted by Gasteiger charge is -2.37. The van der Waals surface area contributed by atoms with Gasteiger partial charge in [0.15, 0.2) is 0 Å². The zero-order valence-corrected chi connectivity index (χ0v) is 10.7. The van der Waals surface area contributed by atoms with Crippen LogP contribution in [0.3, 0.4) is 0 Å². The van der Waals surface area contributed by atoms with Crippen molar-refractivity contribution in [1.82, 2.24) is 4.90 Å². The summed E-state index contributed by atoms with van der Waals surface area (Å²) in [5, 5.41) is 8.85. The topological polar surface area (TPSA) is 57.6 Å². The number of rotatable bonds is 2. The Morgan fingerprint density at radius 3 is 2.47 bits per heavy atom. The number of hydrogen-bond acceptors (Lipinski definition) is 2. The minimum atomic E-state index is -0.770. The van der Waals surface area contributed by atoms with Crippen molar-refractivity contribution in [3.05, 3.63) is 35.4 Å². The first-order valence-electron chi connectivity index (χ1n) is 6.73. The first-order chi connectivity index (χ1) is 9.15. The van der Waals surface area contributed by atoms with Crippen molar-refractivity contribution in [2.75, 3.05) is 6.54 Å². The smallest absolute Gasteiger partial charge is 0.306 e. The van der Waals surface area contributed by atoms with E-state index in [1.807, 2.05) is 17.0 Å². The van der Waals surface area contributed by atoms with Crippen molar-refractivity contribution >= 4 is 11.9 Å². The molecule has 1 aromatic rings. The Morgan fingerprint density at radius 2 is 1.79 bits per heavy atom. The Morgan fingerprint density at radius 1 is 1.11 bits per heavy atom. The zero-order chi connectivity index (χ0) is 13.4. The van der Waals surface area contributed by atoms with E-state index in [-0.39, 0.29) is 17.7 Å². The van der Waals surface area contributed by atoms with Gasteiger partial charge in [-0.15, -0.1) is 0 Å². The molecule has 0 aromatic heterocycles. The molecule has 1 N–H and O–H groups in total. The average Bonchev–Trinajstić information content (AvgIpc) is 2.35. The molecule has 0 unspecified atom stereocenters. The van der Waals surface area contributed by atoms with Gasteiger partial charge in [0.05, 0.1) is 5.92 Å². The van der Waals surface area contributed by atoms with E-state index in [2.05, 4.69) is 12.1 Å². The zero-order valence-electron chi connectivity index (χ0n) is 10.7. The summed E-state index contributed by atoms with van der Waals surface area (Å²) in [6.07, 6.45) is 1.91. The van der Waals surface area contributed by atoms with E-state index in [9.17, 15) is 9.59 Å². The van der Waals surface area contributed by atoms with E-state index in [0.29, 0.717) is 19.4 Å². The molecule has 1 aliphatic heterocycles. The fraction of sp³-hybridized carbons (Fsp3) is 0.467. The van der Waals surface area contributed by atoms with Crippen LogP contribution >= 0.6 is 0 Å². The number of aliphatic carboxylic acids is 1. The van der Waals surface area contributed by atoms with Gasteiger partial charge in [0.2, 0.25) is 5.91 Å². The van der Waals surface area contributed by atoms with Gasteiger partial charge in [-0.25, -0.2) is 0 Å². The molecule has 1 saturated carbocycles. The molecule has 1 heterocycles. The predicted octanol–water partition coefficient (Wildman–Crippen LogP) is 1.68. The highest BCUT2D eigenvalue weighted by Gasteiger charge is 2.40. The number of benzene rings is 1. The molecule has 0 spiro atoms. The molecule has 19 heavy (non-hydrogen) atoms. The lowest BCUT2D eigenvalue weighted by atomic mass is 9.74. The Labute approximate surface area is 112 Å². The van der Waals surface area contributed by atoms with Crippen LogP contribution in [0.15, 0.2) is 24.3 Å². The van der Waals surface area contributed by atoms with Crippen molar-refractivity contribution in [2.24, 2.45) is 11.8 Å². The van der Waals surface area contributed by atoms with Gasteiger partial charge in [0.1, 0.15) is 0 Å². The summed E-state index contributed by atoms with van der Waals surface area (Å²) in [5.74, 6) is -1.03. The van der Waals surface area contributed by atoms with Crippen LogP contribution in [0, 0.1) is 11.8 Å². The maximum absolute atomic E-state index is 12.3. The average molecular weight is 259 g/mol. The highest BCUT2D eigenvalue weighted by molar-refractivity contribution is 5.83. The van der Waals surface area contributed by atoms with E-state index in [4.69, 9.17) is 5.11 Å². The quantitative estimate of drug-likeness (QED) is 0.879. The molecule has 100 valence electrons. The third kappa shape index (κ3) is 2.23. The Kier molecular flexibility index (Phi) is 3.01. The Balaban J connectivity index is 1.63. The van der Waals surface area contributed by atoms with Gasteiger partial charge >= 0.3 is 5.97 Å². The van der Waals surface area contributed by atoms with Gasteiger partial charge in [-0.2, -0.15) is 0 Å². The number of carbonyl (C=O) groups is 2. The van der Waals surface area contributed by atoms with E-state index in [1.165, 1.54) is 11.1 Å². The number of amides is 1. The van der Waals surface area contributed by atoms with E-state index in [0.717, 1.165) is 13.0 Å². The van der Waals surface area contributed by atoms with Gasteiger partial charge in [-0.1, -0.05) is 24.3 Å². The van der Waals surface area contributed by atoms with Crippen molar-refractivity contribution in [1.29, 1.82) is 0 Å². The summed E-state index contributed by atoms with van der Waals surface area (Å²) >= 11 is 0. The number of fused-ring (bicyclic) bond motifs is 1. The summed E-state index contributed by atoms with van der Waals surface area (Å²) in [6.45, 7) is 1.42. The Bertz CT molecular complexity index is 520. The fourth-order valence-electron chi connectivity index (χ4n) is 2.96. The largest absolute Gasteiger partial charge is 0.481 e. The molecule has 0 radical (unpaired) electrons. The van der Waals surface area contributed by atoms with Crippen LogP contribution < -0.4 is 0 Å². The monoisotopic (exact) mass is 259 g/mol. The lowest BCUT2D eigenvalue weighted by molar-refractivity contribution is -0.151. The van der Waals surface area contributed by atoms with Crippen LogP contribution in [0.5, 0.6) is 0 Å². The van der Waals surface area contributed by atoms with E-state index >= 15 is 0 Å². The number of carboxylic acids is 1. The van der Waals surface area contributed by atoms with Gasteiger partial charge in [-0.05, 0) is 30.4 Å². The molecule has 1 fully saturated rings. The van der Waals surface area contributed by atoms with Crippen LogP contribution in [0.4, 0.5) is 0 Å². The SMILES string of the molecule is O=C(O)C1CC(C(=O)N2CCc3ccccc3C2)C1. The maximum atomic E-state index is 12.3. The molecule has 0 atom stereocenters. The number of carbonyl (C=O) groups excluding carboxylic acids is 1. The molecule has 3 rings (SSSR count).